The number of benzene rings is 1. The normalized spacial score (nSPS) is 10.7. The third-order valence-corrected chi connectivity index (χ3v) is 3.67. The summed E-state index contributed by atoms with van der Waals surface area (Å²) in [6.07, 6.45) is 0. The summed E-state index contributed by atoms with van der Waals surface area (Å²) in [7, 11) is 4.58. The summed E-state index contributed by atoms with van der Waals surface area (Å²) in [5.74, 6) is 0.0339. The van der Waals surface area contributed by atoms with Gasteiger partial charge in [0.25, 0.3) is 0 Å². The summed E-state index contributed by atoms with van der Waals surface area (Å²) >= 11 is 12.2. The molecule has 1 aromatic carbocycles. The molecular formula is C12H11Cl2NO3. The minimum atomic E-state index is -0.431. The molecule has 2 aromatic rings. The second kappa shape index (κ2) is 4.71. The Kier molecular flexibility index (Phi) is 3.41. The molecule has 0 radical (unpaired) electrons. The third-order valence-electron chi connectivity index (χ3n) is 2.81. The smallest absolute Gasteiger partial charge is 0.354 e. The van der Waals surface area contributed by atoms with Crippen LogP contribution in [0.15, 0.2) is 12.1 Å². The fourth-order valence-corrected chi connectivity index (χ4v) is 2.31. The van der Waals surface area contributed by atoms with Crippen LogP contribution in [-0.2, 0) is 11.8 Å². The van der Waals surface area contributed by atoms with Crippen molar-refractivity contribution in [3.63, 3.8) is 0 Å². The molecule has 1 aromatic heterocycles. The molecule has 4 nitrogen and oxygen atoms in total. The zero-order valence-corrected chi connectivity index (χ0v) is 11.6. The Morgan fingerprint density at radius 3 is 2.44 bits per heavy atom. The Bertz CT molecular complexity index is 634. The van der Waals surface area contributed by atoms with Gasteiger partial charge >= 0.3 is 5.97 Å². The van der Waals surface area contributed by atoms with Crippen molar-refractivity contribution in [2.24, 2.45) is 7.05 Å². The highest BCUT2D eigenvalue weighted by Crippen LogP contribution is 2.39. The third kappa shape index (κ3) is 1.82. The van der Waals surface area contributed by atoms with Crippen LogP contribution in [0.4, 0.5) is 0 Å². The number of hydrogen-bond donors (Lipinski definition) is 0. The fourth-order valence-electron chi connectivity index (χ4n) is 1.83. The SMILES string of the molecule is COC(=O)c1cc2c(Cl)c(Cl)c(OC)cc2n1C. The topological polar surface area (TPSA) is 40.5 Å². The molecule has 0 amide bonds. The lowest BCUT2D eigenvalue weighted by Gasteiger charge is -2.07. The highest BCUT2D eigenvalue weighted by Gasteiger charge is 2.19. The van der Waals surface area contributed by atoms with Gasteiger partial charge in [-0.1, -0.05) is 23.2 Å². The number of ether oxygens (including phenoxy) is 2. The zero-order chi connectivity index (χ0) is 13.4. The van der Waals surface area contributed by atoms with Crippen LogP contribution in [0.3, 0.4) is 0 Å². The monoisotopic (exact) mass is 287 g/mol. The number of carbonyl (C=O) groups excluding carboxylic acids is 1. The average Bonchev–Trinajstić information content (AvgIpc) is 2.70. The Hall–Kier alpha value is -1.39. The molecule has 1 heterocycles. The molecule has 0 saturated carbocycles. The first-order valence-corrected chi connectivity index (χ1v) is 5.86. The predicted octanol–water partition coefficient (Wildman–Crippen LogP) is 3.28. The van der Waals surface area contributed by atoms with Gasteiger partial charge in [-0.15, -0.1) is 0 Å². The molecule has 0 aliphatic rings. The van der Waals surface area contributed by atoms with Crippen molar-refractivity contribution >= 4 is 40.1 Å². The molecule has 0 saturated heterocycles. The standard InChI is InChI=1S/C12H11Cl2NO3/c1-15-7-5-9(17-2)11(14)10(13)6(7)4-8(15)12(16)18-3/h4-5H,1-3H3. The quantitative estimate of drug-likeness (QED) is 0.796. The highest BCUT2D eigenvalue weighted by atomic mass is 35.5. The van der Waals surface area contributed by atoms with Crippen LogP contribution in [0.2, 0.25) is 10.0 Å². The number of aryl methyl sites for hydroxylation is 1. The predicted molar refractivity (Wildman–Crippen MR) is 70.8 cm³/mol. The van der Waals surface area contributed by atoms with Crippen LogP contribution in [0.25, 0.3) is 10.9 Å². The number of hydrogen-bond acceptors (Lipinski definition) is 3. The largest absolute Gasteiger partial charge is 0.495 e. The van der Waals surface area contributed by atoms with Gasteiger partial charge in [0, 0.05) is 18.5 Å². The molecule has 6 heteroatoms. The van der Waals surface area contributed by atoms with E-state index in [1.54, 1.807) is 23.7 Å². The van der Waals surface area contributed by atoms with E-state index in [4.69, 9.17) is 32.7 Å². The number of methoxy groups -OCH3 is 2. The lowest BCUT2D eigenvalue weighted by molar-refractivity contribution is 0.0590. The lowest BCUT2D eigenvalue weighted by atomic mass is 10.2. The van der Waals surface area contributed by atoms with Crippen LogP contribution >= 0.6 is 23.2 Å². The van der Waals surface area contributed by atoms with E-state index in [9.17, 15) is 4.79 Å². The van der Waals surface area contributed by atoms with E-state index in [-0.39, 0.29) is 0 Å². The lowest BCUT2D eigenvalue weighted by Crippen LogP contribution is -2.06. The molecule has 0 aliphatic carbocycles. The minimum absolute atomic E-state index is 0.327. The maximum atomic E-state index is 11.6. The van der Waals surface area contributed by atoms with E-state index in [0.717, 1.165) is 5.52 Å². The molecule has 0 N–H and O–H groups in total. The molecule has 0 fully saturated rings. The maximum Gasteiger partial charge on any atom is 0.354 e. The number of esters is 1. The van der Waals surface area contributed by atoms with Gasteiger partial charge in [-0.05, 0) is 6.07 Å². The first kappa shape index (κ1) is 13.1. The van der Waals surface area contributed by atoms with Gasteiger partial charge in [0.05, 0.1) is 24.8 Å². The van der Waals surface area contributed by atoms with E-state index >= 15 is 0 Å². The van der Waals surface area contributed by atoms with E-state index < -0.39 is 5.97 Å². The van der Waals surface area contributed by atoms with E-state index in [0.29, 0.717) is 26.9 Å². The van der Waals surface area contributed by atoms with Gasteiger partial charge < -0.3 is 14.0 Å². The Labute approximate surface area is 114 Å². The number of fused-ring (bicyclic) bond motifs is 1. The summed E-state index contributed by atoms with van der Waals surface area (Å²) in [4.78, 5) is 11.6. The summed E-state index contributed by atoms with van der Waals surface area (Å²) in [6.45, 7) is 0. The summed E-state index contributed by atoms with van der Waals surface area (Å²) < 4.78 is 11.5. The van der Waals surface area contributed by atoms with Gasteiger partial charge in [0.2, 0.25) is 0 Å². The van der Waals surface area contributed by atoms with Gasteiger partial charge in [-0.25, -0.2) is 4.79 Å². The van der Waals surface area contributed by atoms with Crippen molar-refractivity contribution in [2.75, 3.05) is 14.2 Å². The number of nitrogens with zero attached hydrogens (tertiary/aromatic N) is 1. The second-order valence-corrected chi connectivity index (χ2v) is 4.48. The Balaban J connectivity index is 2.80. The zero-order valence-electron chi connectivity index (χ0n) is 10.1. The van der Waals surface area contributed by atoms with Crippen molar-refractivity contribution in [1.82, 2.24) is 4.57 Å². The van der Waals surface area contributed by atoms with Gasteiger partial charge in [0.15, 0.2) is 0 Å². The van der Waals surface area contributed by atoms with Crippen LogP contribution in [-0.4, -0.2) is 24.8 Å². The molecule has 0 spiro atoms. The number of halogens is 2. The van der Waals surface area contributed by atoms with Crippen LogP contribution in [0.5, 0.6) is 5.75 Å². The molecule has 0 bridgehead atoms. The average molecular weight is 288 g/mol. The fraction of sp³-hybridized carbons (Fsp3) is 0.250. The van der Waals surface area contributed by atoms with Crippen molar-refractivity contribution in [2.45, 2.75) is 0 Å². The van der Waals surface area contributed by atoms with Gasteiger partial charge in [-0.2, -0.15) is 0 Å². The first-order chi connectivity index (χ1) is 8.51. The van der Waals surface area contributed by atoms with Crippen LogP contribution in [0.1, 0.15) is 10.5 Å². The van der Waals surface area contributed by atoms with Crippen LogP contribution in [0, 0.1) is 0 Å². The summed E-state index contributed by atoms with van der Waals surface area (Å²) in [5.41, 5.74) is 1.15. The number of rotatable bonds is 2. The summed E-state index contributed by atoms with van der Waals surface area (Å²) in [5, 5.41) is 1.37. The summed E-state index contributed by atoms with van der Waals surface area (Å²) in [6, 6.07) is 3.38. The van der Waals surface area contributed by atoms with E-state index in [2.05, 4.69) is 0 Å². The Morgan fingerprint density at radius 2 is 1.89 bits per heavy atom. The van der Waals surface area contributed by atoms with Gasteiger partial charge in [0.1, 0.15) is 16.5 Å². The number of aromatic nitrogens is 1. The Morgan fingerprint density at radius 1 is 1.22 bits per heavy atom. The van der Waals surface area contributed by atoms with Crippen molar-refractivity contribution in [3.05, 3.63) is 27.9 Å². The van der Waals surface area contributed by atoms with Crippen molar-refractivity contribution in [3.8, 4) is 5.75 Å². The highest BCUT2D eigenvalue weighted by molar-refractivity contribution is 6.46. The molecule has 96 valence electrons. The molecule has 0 aliphatic heterocycles. The number of carbonyl (C=O) groups is 1. The van der Waals surface area contributed by atoms with E-state index in [1.807, 2.05) is 0 Å². The second-order valence-electron chi connectivity index (χ2n) is 3.72. The van der Waals surface area contributed by atoms with Crippen molar-refractivity contribution in [1.29, 1.82) is 0 Å². The van der Waals surface area contributed by atoms with E-state index in [1.165, 1.54) is 14.2 Å². The molecule has 2 rings (SSSR count). The maximum absolute atomic E-state index is 11.6. The minimum Gasteiger partial charge on any atom is -0.495 e. The first-order valence-electron chi connectivity index (χ1n) is 5.11. The van der Waals surface area contributed by atoms with Crippen LogP contribution < -0.4 is 4.74 Å². The molecule has 0 unspecified atom stereocenters. The van der Waals surface area contributed by atoms with Crippen molar-refractivity contribution < 1.29 is 14.3 Å². The molecule has 18 heavy (non-hydrogen) atoms. The molecular weight excluding hydrogens is 277 g/mol. The van der Waals surface area contributed by atoms with Gasteiger partial charge in [-0.3, -0.25) is 0 Å². The molecule has 0 atom stereocenters.